The number of anilines is 1. The summed E-state index contributed by atoms with van der Waals surface area (Å²) >= 11 is 0. The summed E-state index contributed by atoms with van der Waals surface area (Å²) in [7, 11) is 0. The van der Waals surface area contributed by atoms with Crippen LogP contribution in [0.5, 0.6) is 0 Å². The molecule has 1 heterocycles. The lowest BCUT2D eigenvalue weighted by molar-refractivity contribution is 0.225. The smallest absolute Gasteiger partial charge is 0.127 e. The monoisotopic (exact) mass is 193 g/mol. The molecule has 2 N–H and O–H groups in total. The Morgan fingerprint density at radius 3 is 2.71 bits per heavy atom. The molecule has 0 atom stereocenters. The quantitative estimate of drug-likeness (QED) is 0.794. The summed E-state index contributed by atoms with van der Waals surface area (Å²) in [5.74, 6) is 0.645. The van der Waals surface area contributed by atoms with Crippen molar-refractivity contribution >= 4 is 5.82 Å². The van der Waals surface area contributed by atoms with Gasteiger partial charge in [0.1, 0.15) is 5.82 Å². The first-order valence-corrected chi connectivity index (χ1v) is 5.08. The first kappa shape index (κ1) is 11.0. The van der Waals surface area contributed by atoms with Gasteiger partial charge in [-0.15, -0.1) is 0 Å². The highest BCUT2D eigenvalue weighted by Crippen LogP contribution is 2.12. The third-order valence-corrected chi connectivity index (χ3v) is 2.44. The van der Waals surface area contributed by atoms with Crippen LogP contribution in [0.3, 0.4) is 0 Å². The van der Waals surface area contributed by atoms with Crippen LogP contribution >= 0.6 is 0 Å². The molecule has 0 saturated heterocycles. The molecule has 0 bridgehead atoms. The van der Waals surface area contributed by atoms with Crippen LogP contribution in [0.15, 0.2) is 18.3 Å². The first-order valence-electron chi connectivity index (χ1n) is 5.08. The fourth-order valence-corrected chi connectivity index (χ4v) is 1.46. The highest BCUT2D eigenvalue weighted by atomic mass is 15.1. The predicted molar refractivity (Wildman–Crippen MR) is 59.9 cm³/mol. The first-order chi connectivity index (χ1) is 6.65. The van der Waals surface area contributed by atoms with Crippen LogP contribution in [0.4, 0.5) is 5.82 Å². The molecule has 3 heteroatoms. The maximum atomic E-state index is 5.79. The third kappa shape index (κ3) is 2.70. The Balaban J connectivity index is 2.72. The SMILES string of the molecule is CCN(Cc1cccnc1N)C(C)C. The van der Waals surface area contributed by atoms with Gasteiger partial charge in [-0.1, -0.05) is 13.0 Å². The van der Waals surface area contributed by atoms with Crippen LogP contribution in [0.2, 0.25) is 0 Å². The molecule has 0 unspecified atom stereocenters. The molecular weight excluding hydrogens is 174 g/mol. The zero-order chi connectivity index (χ0) is 10.6. The van der Waals surface area contributed by atoms with Gasteiger partial charge in [-0.2, -0.15) is 0 Å². The molecule has 1 aromatic heterocycles. The van der Waals surface area contributed by atoms with Crippen LogP contribution in [0.1, 0.15) is 26.3 Å². The molecule has 1 rings (SSSR count). The van der Waals surface area contributed by atoms with Gasteiger partial charge < -0.3 is 5.73 Å². The Morgan fingerprint density at radius 2 is 2.21 bits per heavy atom. The number of nitrogen functional groups attached to an aromatic ring is 1. The normalized spacial score (nSPS) is 11.2. The van der Waals surface area contributed by atoms with Gasteiger partial charge in [0.15, 0.2) is 0 Å². The van der Waals surface area contributed by atoms with Gasteiger partial charge >= 0.3 is 0 Å². The molecule has 0 aliphatic heterocycles. The van der Waals surface area contributed by atoms with Crippen molar-refractivity contribution in [2.75, 3.05) is 12.3 Å². The summed E-state index contributed by atoms with van der Waals surface area (Å²) in [5.41, 5.74) is 6.90. The van der Waals surface area contributed by atoms with E-state index in [9.17, 15) is 0 Å². The van der Waals surface area contributed by atoms with Gasteiger partial charge in [0.2, 0.25) is 0 Å². The second-order valence-corrected chi connectivity index (χ2v) is 3.70. The molecule has 0 radical (unpaired) electrons. The summed E-state index contributed by atoms with van der Waals surface area (Å²) in [6, 6.07) is 4.51. The zero-order valence-corrected chi connectivity index (χ0v) is 9.20. The molecular formula is C11H19N3. The van der Waals surface area contributed by atoms with Gasteiger partial charge in [-0.25, -0.2) is 4.98 Å². The maximum absolute atomic E-state index is 5.79. The fraction of sp³-hybridized carbons (Fsp3) is 0.545. The fourth-order valence-electron chi connectivity index (χ4n) is 1.46. The van der Waals surface area contributed by atoms with Crippen LogP contribution < -0.4 is 5.73 Å². The summed E-state index contributed by atoms with van der Waals surface area (Å²) in [5, 5.41) is 0. The van der Waals surface area contributed by atoms with Crippen molar-refractivity contribution in [1.82, 2.24) is 9.88 Å². The van der Waals surface area contributed by atoms with Gasteiger partial charge in [-0.05, 0) is 26.5 Å². The molecule has 0 saturated carbocycles. The summed E-state index contributed by atoms with van der Waals surface area (Å²) in [6.45, 7) is 8.46. The minimum atomic E-state index is 0.541. The van der Waals surface area contributed by atoms with Gasteiger partial charge in [0.25, 0.3) is 0 Å². The van der Waals surface area contributed by atoms with Crippen molar-refractivity contribution in [1.29, 1.82) is 0 Å². The van der Waals surface area contributed by atoms with E-state index >= 15 is 0 Å². The molecule has 78 valence electrons. The van der Waals surface area contributed by atoms with E-state index in [0.29, 0.717) is 11.9 Å². The second kappa shape index (κ2) is 4.96. The van der Waals surface area contributed by atoms with E-state index in [1.807, 2.05) is 12.1 Å². The molecule has 0 spiro atoms. The molecule has 0 amide bonds. The Labute approximate surface area is 85.9 Å². The van der Waals surface area contributed by atoms with Crippen molar-refractivity contribution in [2.24, 2.45) is 0 Å². The second-order valence-electron chi connectivity index (χ2n) is 3.70. The Hall–Kier alpha value is -1.09. The minimum Gasteiger partial charge on any atom is -0.383 e. The lowest BCUT2D eigenvalue weighted by Crippen LogP contribution is -2.30. The van der Waals surface area contributed by atoms with Crippen LogP contribution in [-0.2, 0) is 6.54 Å². The highest BCUT2D eigenvalue weighted by Gasteiger charge is 2.09. The van der Waals surface area contributed by atoms with Crippen LogP contribution in [-0.4, -0.2) is 22.5 Å². The Bertz CT molecular complexity index is 284. The zero-order valence-electron chi connectivity index (χ0n) is 9.20. The predicted octanol–water partition coefficient (Wildman–Crippen LogP) is 1.89. The Morgan fingerprint density at radius 1 is 1.50 bits per heavy atom. The number of pyridine rings is 1. The molecule has 0 aliphatic carbocycles. The lowest BCUT2D eigenvalue weighted by atomic mass is 10.2. The number of hydrogen-bond acceptors (Lipinski definition) is 3. The van der Waals surface area contributed by atoms with Crippen LogP contribution in [0.25, 0.3) is 0 Å². The minimum absolute atomic E-state index is 0.541. The van der Waals surface area contributed by atoms with E-state index in [4.69, 9.17) is 5.73 Å². The molecule has 0 aliphatic rings. The number of aromatic nitrogens is 1. The van der Waals surface area contributed by atoms with E-state index in [1.165, 1.54) is 0 Å². The summed E-state index contributed by atoms with van der Waals surface area (Å²) in [6.07, 6.45) is 1.73. The third-order valence-electron chi connectivity index (χ3n) is 2.44. The standard InChI is InChI=1S/C11H19N3/c1-4-14(9(2)3)8-10-6-5-7-13-11(10)12/h5-7,9H,4,8H2,1-3H3,(H2,12,13). The van der Waals surface area contributed by atoms with Gasteiger partial charge in [0, 0.05) is 24.3 Å². The maximum Gasteiger partial charge on any atom is 0.127 e. The van der Waals surface area contributed by atoms with Gasteiger partial charge in [-0.3, -0.25) is 4.90 Å². The molecule has 3 nitrogen and oxygen atoms in total. The molecule has 0 fully saturated rings. The topological polar surface area (TPSA) is 42.2 Å². The number of rotatable bonds is 4. The van der Waals surface area contributed by atoms with Crippen molar-refractivity contribution < 1.29 is 0 Å². The van der Waals surface area contributed by atoms with E-state index in [-0.39, 0.29) is 0 Å². The van der Waals surface area contributed by atoms with E-state index in [2.05, 4.69) is 30.7 Å². The largest absolute Gasteiger partial charge is 0.383 e. The Kier molecular flexibility index (Phi) is 3.89. The van der Waals surface area contributed by atoms with E-state index < -0.39 is 0 Å². The average Bonchev–Trinajstić information content (AvgIpc) is 2.16. The summed E-state index contributed by atoms with van der Waals surface area (Å²) in [4.78, 5) is 6.43. The van der Waals surface area contributed by atoms with Gasteiger partial charge in [0.05, 0.1) is 0 Å². The van der Waals surface area contributed by atoms with Crippen LogP contribution in [0, 0.1) is 0 Å². The number of nitrogens with zero attached hydrogens (tertiary/aromatic N) is 2. The van der Waals surface area contributed by atoms with E-state index in [0.717, 1.165) is 18.7 Å². The number of hydrogen-bond donors (Lipinski definition) is 1. The van der Waals surface area contributed by atoms with Crippen molar-refractivity contribution in [2.45, 2.75) is 33.4 Å². The highest BCUT2D eigenvalue weighted by molar-refractivity contribution is 5.38. The van der Waals surface area contributed by atoms with E-state index in [1.54, 1.807) is 6.20 Å². The number of nitrogens with two attached hydrogens (primary N) is 1. The lowest BCUT2D eigenvalue weighted by Gasteiger charge is -2.24. The molecule has 1 aromatic rings. The van der Waals surface area contributed by atoms with Crippen molar-refractivity contribution in [3.8, 4) is 0 Å². The van der Waals surface area contributed by atoms with Crippen molar-refractivity contribution in [3.63, 3.8) is 0 Å². The molecule has 0 aromatic carbocycles. The molecule has 14 heavy (non-hydrogen) atoms. The summed E-state index contributed by atoms with van der Waals surface area (Å²) < 4.78 is 0. The van der Waals surface area contributed by atoms with Crippen molar-refractivity contribution in [3.05, 3.63) is 23.9 Å². The average molecular weight is 193 g/mol.